The first kappa shape index (κ1) is 20.1. The predicted octanol–water partition coefficient (Wildman–Crippen LogP) is 3.48. The molecular formula is C22H19ClFN3O3. The summed E-state index contributed by atoms with van der Waals surface area (Å²) in [6.45, 7) is -0.227. The largest absolute Gasteiger partial charge is 0.484 e. The summed E-state index contributed by atoms with van der Waals surface area (Å²) in [5, 5.41) is 6.73. The molecule has 0 saturated heterocycles. The Hall–Kier alpha value is -3.19. The summed E-state index contributed by atoms with van der Waals surface area (Å²) in [5.41, 5.74) is 1.13. The number of carbonyl (C=O) groups is 2. The van der Waals surface area contributed by atoms with Crippen molar-refractivity contribution >= 4 is 34.3 Å². The van der Waals surface area contributed by atoms with Crippen molar-refractivity contribution in [3.05, 3.63) is 71.1 Å². The monoisotopic (exact) mass is 427 g/mol. The molecule has 1 heterocycles. The van der Waals surface area contributed by atoms with Crippen molar-refractivity contribution in [2.75, 3.05) is 6.61 Å². The number of ether oxygens (including phenoxy) is 1. The Morgan fingerprint density at radius 3 is 2.63 bits per heavy atom. The van der Waals surface area contributed by atoms with Crippen molar-refractivity contribution in [3.63, 3.8) is 0 Å². The molecule has 1 aromatic heterocycles. The molecule has 1 aliphatic rings. The van der Waals surface area contributed by atoms with Crippen molar-refractivity contribution < 1.29 is 18.7 Å². The number of hydrogen-bond donors (Lipinski definition) is 2. The number of nitrogens with zero attached hydrogens (tertiary/aromatic N) is 1. The molecule has 154 valence electrons. The molecule has 0 bridgehead atoms. The first-order valence-corrected chi connectivity index (χ1v) is 9.89. The van der Waals surface area contributed by atoms with Crippen LogP contribution < -0.4 is 15.4 Å². The second-order valence-corrected chi connectivity index (χ2v) is 7.57. The van der Waals surface area contributed by atoms with E-state index in [0.717, 1.165) is 17.0 Å². The molecule has 0 atom stereocenters. The van der Waals surface area contributed by atoms with Gasteiger partial charge in [0.05, 0.1) is 10.5 Å². The van der Waals surface area contributed by atoms with Gasteiger partial charge in [0.15, 0.2) is 6.61 Å². The molecule has 1 aliphatic carbocycles. The van der Waals surface area contributed by atoms with E-state index in [9.17, 15) is 14.0 Å². The number of amides is 2. The molecule has 1 saturated carbocycles. The summed E-state index contributed by atoms with van der Waals surface area (Å²) in [6.07, 6.45) is 1.25. The molecule has 0 radical (unpaired) electrons. The van der Waals surface area contributed by atoms with E-state index < -0.39 is 5.82 Å². The SMILES string of the molecule is O=C(COc1ccc(Cl)c(F)c1)NC1CC(NC(=O)c2ccc3ccccc3n2)C1. The number of aromatic nitrogens is 1. The topological polar surface area (TPSA) is 80.3 Å². The molecule has 0 spiro atoms. The number of hydrogen-bond acceptors (Lipinski definition) is 4. The first-order valence-electron chi connectivity index (χ1n) is 9.52. The maximum atomic E-state index is 13.4. The van der Waals surface area contributed by atoms with Gasteiger partial charge < -0.3 is 15.4 Å². The van der Waals surface area contributed by atoms with E-state index in [-0.39, 0.29) is 41.3 Å². The average Bonchev–Trinajstić information content (AvgIpc) is 2.72. The number of fused-ring (bicyclic) bond motifs is 1. The summed E-state index contributed by atoms with van der Waals surface area (Å²) < 4.78 is 18.6. The van der Waals surface area contributed by atoms with E-state index in [1.165, 1.54) is 12.1 Å². The molecule has 3 aromatic rings. The van der Waals surface area contributed by atoms with Crippen LogP contribution >= 0.6 is 11.6 Å². The molecule has 2 N–H and O–H groups in total. The minimum absolute atomic E-state index is 0.00625. The molecular weight excluding hydrogens is 409 g/mol. The highest BCUT2D eigenvalue weighted by Crippen LogP contribution is 2.22. The lowest BCUT2D eigenvalue weighted by Gasteiger charge is -2.36. The Morgan fingerprint density at radius 2 is 1.83 bits per heavy atom. The van der Waals surface area contributed by atoms with Gasteiger partial charge in [0.2, 0.25) is 0 Å². The summed E-state index contributed by atoms with van der Waals surface area (Å²) in [4.78, 5) is 28.8. The minimum atomic E-state index is -0.604. The Balaban J connectivity index is 1.21. The van der Waals surface area contributed by atoms with Gasteiger partial charge in [-0.3, -0.25) is 9.59 Å². The summed E-state index contributed by atoms with van der Waals surface area (Å²) in [6, 6.07) is 15.1. The van der Waals surface area contributed by atoms with Gasteiger partial charge >= 0.3 is 0 Å². The second-order valence-electron chi connectivity index (χ2n) is 7.16. The van der Waals surface area contributed by atoms with Crippen LogP contribution in [0.3, 0.4) is 0 Å². The second kappa shape index (κ2) is 8.67. The zero-order valence-corrected chi connectivity index (χ0v) is 16.7. The third-order valence-corrected chi connectivity index (χ3v) is 5.24. The lowest BCUT2D eigenvalue weighted by molar-refractivity contribution is -0.124. The minimum Gasteiger partial charge on any atom is -0.484 e. The molecule has 30 heavy (non-hydrogen) atoms. The van der Waals surface area contributed by atoms with Crippen molar-refractivity contribution in [1.29, 1.82) is 0 Å². The van der Waals surface area contributed by atoms with Gasteiger partial charge in [-0.15, -0.1) is 0 Å². The van der Waals surface area contributed by atoms with Gasteiger partial charge in [-0.25, -0.2) is 9.37 Å². The lowest BCUT2D eigenvalue weighted by atomic mass is 9.86. The third-order valence-electron chi connectivity index (χ3n) is 4.93. The zero-order chi connectivity index (χ0) is 21.1. The number of carbonyl (C=O) groups excluding carboxylic acids is 2. The predicted molar refractivity (Wildman–Crippen MR) is 111 cm³/mol. The Morgan fingerprint density at radius 1 is 1.07 bits per heavy atom. The quantitative estimate of drug-likeness (QED) is 0.631. The number of pyridine rings is 1. The molecule has 2 amide bonds. The van der Waals surface area contributed by atoms with Crippen LogP contribution in [0.1, 0.15) is 23.3 Å². The van der Waals surface area contributed by atoms with Crippen molar-refractivity contribution in [1.82, 2.24) is 15.6 Å². The molecule has 0 aliphatic heterocycles. The Kier molecular flexibility index (Phi) is 5.81. The summed E-state index contributed by atoms with van der Waals surface area (Å²) in [5.74, 6) is -0.915. The first-order chi connectivity index (χ1) is 14.5. The maximum Gasteiger partial charge on any atom is 0.270 e. The fourth-order valence-electron chi connectivity index (χ4n) is 3.29. The van der Waals surface area contributed by atoms with Crippen molar-refractivity contribution in [2.45, 2.75) is 24.9 Å². The number of nitrogens with one attached hydrogen (secondary N) is 2. The van der Waals surface area contributed by atoms with Crippen LogP contribution in [-0.2, 0) is 4.79 Å². The average molecular weight is 428 g/mol. The van der Waals surface area contributed by atoms with Crippen molar-refractivity contribution in [2.24, 2.45) is 0 Å². The molecule has 4 rings (SSSR count). The van der Waals surface area contributed by atoms with E-state index in [4.69, 9.17) is 16.3 Å². The van der Waals surface area contributed by atoms with Crippen LogP contribution in [0.4, 0.5) is 4.39 Å². The van der Waals surface area contributed by atoms with Crippen LogP contribution in [0.2, 0.25) is 5.02 Å². The fraction of sp³-hybridized carbons (Fsp3) is 0.227. The van der Waals surface area contributed by atoms with E-state index in [0.29, 0.717) is 18.5 Å². The smallest absolute Gasteiger partial charge is 0.270 e. The molecule has 6 nitrogen and oxygen atoms in total. The normalized spacial score (nSPS) is 17.8. The van der Waals surface area contributed by atoms with E-state index >= 15 is 0 Å². The molecule has 8 heteroatoms. The van der Waals surface area contributed by atoms with Gasteiger partial charge in [0, 0.05) is 23.5 Å². The van der Waals surface area contributed by atoms with Gasteiger partial charge in [-0.2, -0.15) is 0 Å². The summed E-state index contributed by atoms with van der Waals surface area (Å²) in [7, 11) is 0. The van der Waals surface area contributed by atoms with Crippen LogP contribution in [0.25, 0.3) is 10.9 Å². The highest BCUT2D eigenvalue weighted by molar-refractivity contribution is 6.30. The standard InChI is InChI=1S/C22H19ClFN3O3/c23-17-7-6-16(11-18(17)24)30-12-21(28)25-14-9-15(10-14)26-22(29)20-8-5-13-3-1-2-4-19(13)27-20/h1-8,11,14-15H,9-10,12H2,(H,25,28)(H,26,29). The van der Waals surface area contributed by atoms with Crippen LogP contribution in [0, 0.1) is 5.82 Å². The van der Waals surface area contributed by atoms with Gasteiger partial charge in [-0.1, -0.05) is 35.9 Å². The molecule has 1 fully saturated rings. The number of benzene rings is 2. The van der Waals surface area contributed by atoms with Gasteiger partial charge in [-0.05, 0) is 37.1 Å². The zero-order valence-electron chi connectivity index (χ0n) is 15.9. The summed E-state index contributed by atoms with van der Waals surface area (Å²) >= 11 is 5.61. The fourth-order valence-corrected chi connectivity index (χ4v) is 3.41. The van der Waals surface area contributed by atoms with E-state index in [1.54, 1.807) is 6.07 Å². The van der Waals surface area contributed by atoms with Crippen molar-refractivity contribution in [3.8, 4) is 5.75 Å². The van der Waals surface area contributed by atoms with E-state index in [1.807, 2.05) is 30.3 Å². The number of para-hydroxylation sites is 1. The van der Waals surface area contributed by atoms with Gasteiger partial charge in [0.25, 0.3) is 11.8 Å². The number of rotatable bonds is 6. The third kappa shape index (κ3) is 4.68. The molecule has 2 aromatic carbocycles. The lowest BCUT2D eigenvalue weighted by Crippen LogP contribution is -2.54. The highest BCUT2D eigenvalue weighted by Gasteiger charge is 2.31. The van der Waals surface area contributed by atoms with Gasteiger partial charge in [0.1, 0.15) is 17.3 Å². The highest BCUT2D eigenvalue weighted by atomic mass is 35.5. The molecule has 0 unspecified atom stereocenters. The van der Waals surface area contributed by atoms with Crippen LogP contribution in [0.5, 0.6) is 5.75 Å². The maximum absolute atomic E-state index is 13.4. The van der Waals surface area contributed by atoms with E-state index in [2.05, 4.69) is 15.6 Å². The van der Waals surface area contributed by atoms with Crippen LogP contribution in [0.15, 0.2) is 54.6 Å². The Bertz CT molecular complexity index is 1100. The Labute approximate surface area is 177 Å². The van der Waals surface area contributed by atoms with Crippen LogP contribution in [-0.4, -0.2) is 35.5 Å². The number of halogens is 2.